The maximum atomic E-state index is 12.0. The summed E-state index contributed by atoms with van der Waals surface area (Å²) in [7, 11) is 2.22. The van der Waals surface area contributed by atoms with Crippen LogP contribution >= 0.6 is 0 Å². The lowest BCUT2D eigenvalue weighted by Crippen LogP contribution is -2.41. The predicted molar refractivity (Wildman–Crippen MR) is 84.6 cm³/mol. The number of carbonyl (C=O) groups excluding carboxylic acids is 1. The van der Waals surface area contributed by atoms with E-state index in [1.54, 1.807) is 0 Å². The molecule has 4 nitrogen and oxygen atoms in total. The van der Waals surface area contributed by atoms with Crippen molar-refractivity contribution in [3.8, 4) is 0 Å². The van der Waals surface area contributed by atoms with Crippen LogP contribution in [0, 0.1) is 5.92 Å². The van der Waals surface area contributed by atoms with Gasteiger partial charge in [-0.05, 0) is 58.2 Å². The number of nitrogens with two attached hydrogens (primary N) is 1. The molecule has 1 rings (SSSR count). The first-order valence-corrected chi connectivity index (χ1v) is 8.33. The Bertz CT molecular complexity index is 262. The molecule has 1 saturated heterocycles. The maximum Gasteiger partial charge on any atom is 0.222 e. The van der Waals surface area contributed by atoms with Gasteiger partial charge in [-0.2, -0.15) is 0 Å². The second kappa shape index (κ2) is 10.2. The van der Waals surface area contributed by atoms with Gasteiger partial charge in [-0.1, -0.05) is 13.3 Å². The van der Waals surface area contributed by atoms with Crippen LogP contribution in [0.4, 0.5) is 0 Å². The Kier molecular flexibility index (Phi) is 8.86. The number of hydrogen-bond donors (Lipinski definition) is 1. The molecule has 1 aliphatic rings. The molecule has 20 heavy (non-hydrogen) atoms. The summed E-state index contributed by atoms with van der Waals surface area (Å²) in [5.74, 6) is 1.10. The van der Waals surface area contributed by atoms with Crippen LogP contribution in [0.5, 0.6) is 0 Å². The molecule has 1 amide bonds. The molecule has 1 fully saturated rings. The van der Waals surface area contributed by atoms with Crippen LogP contribution in [0.3, 0.4) is 0 Å². The standard InChI is InChI=1S/C16H33N3O/c1-3-4-11-18(2)14-15-8-12-19(13-9-15)16(20)7-5-6-10-17/h15H,3-14,17H2,1-2H3. The monoisotopic (exact) mass is 283 g/mol. The molecule has 0 saturated carbocycles. The number of nitrogens with zero attached hydrogens (tertiary/aromatic N) is 2. The van der Waals surface area contributed by atoms with Gasteiger partial charge < -0.3 is 15.5 Å². The van der Waals surface area contributed by atoms with E-state index in [0.29, 0.717) is 18.9 Å². The van der Waals surface area contributed by atoms with Crippen LogP contribution in [0.2, 0.25) is 0 Å². The third kappa shape index (κ3) is 6.71. The Morgan fingerprint density at radius 1 is 1.25 bits per heavy atom. The van der Waals surface area contributed by atoms with E-state index in [1.165, 1.54) is 38.8 Å². The Morgan fingerprint density at radius 3 is 2.55 bits per heavy atom. The van der Waals surface area contributed by atoms with Crippen molar-refractivity contribution < 1.29 is 4.79 Å². The predicted octanol–water partition coefficient (Wildman–Crippen LogP) is 2.09. The van der Waals surface area contributed by atoms with Crippen molar-refractivity contribution in [2.75, 3.05) is 39.8 Å². The third-order valence-corrected chi connectivity index (χ3v) is 4.28. The summed E-state index contributed by atoms with van der Waals surface area (Å²) in [6, 6.07) is 0. The molecule has 4 heteroatoms. The van der Waals surface area contributed by atoms with Gasteiger partial charge in [0.1, 0.15) is 0 Å². The summed E-state index contributed by atoms with van der Waals surface area (Å²) in [4.78, 5) is 16.5. The van der Waals surface area contributed by atoms with Crippen molar-refractivity contribution in [1.29, 1.82) is 0 Å². The van der Waals surface area contributed by atoms with E-state index in [1.807, 2.05) is 0 Å². The number of rotatable bonds is 9. The van der Waals surface area contributed by atoms with Gasteiger partial charge in [-0.3, -0.25) is 4.79 Å². The summed E-state index contributed by atoms with van der Waals surface area (Å²) in [6.07, 6.45) is 7.46. The van der Waals surface area contributed by atoms with Crippen LogP contribution in [0.25, 0.3) is 0 Å². The molecule has 118 valence electrons. The van der Waals surface area contributed by atoms with E-state index in [9.17, 15) is 4.79 Å². The van der Waals surface area contributed by atoms with Crippen molar-refractivity contribution in [3.05, 3.63) is 0 Å². The fourth-order valence-corrected chi connectivity index (χ4v) is 2.90. The smallest absolute Gasteiger partial charge is 0.222 e. The summed E-state index contributed by atoms with van der Waals surface area (Å²) >= 11 is 0. The van der Waals surface area contributed by atoms with E-state index in [-0.39, 0.29) is 0 Å². The zero-order valence-corrected chi connectivity index (χ0v) is 13.4. The highest BCUT2D eigenvalue weighted by Gasteiger charge is 2.22. The Morgan fingerprint density at radius 2 is 1.95 bits per heavy atom. The maximum absolute atomic E-state index is 12.0. The highest BCUT2D eigenvalue weighted by Crippen LogP contribution is 2.19. The number of likely N-dealkylation sites (tertiary alicyclic amines) is 1. The molecule has 0 unspecified atom stereocenters. The van der Waals surface area contributed by atoms with Crippen molar-refractivity contribution in [3.63, 3.8) is 0 Å². The van der Waals surface area contributed by atoms with E-state index in [2.05, 4.69) is 23.8 Å². The van der Waals surface area contributed by atoms with Crippen LogP contribution in [-0.4, -0.2) is 55.5 Å². The van der Waals surface area contributed by atoms with Crippen molar-refractivity contribution in [2.45, 2.75) is 51.9 Å². The van der Waals surface area contributed by atoms with Gasteiger partial charge in [0.05, 0.1) is 0 Å². The van der Waals surface area contributed by atoms with Crippen LogP contribution in [-0.2, 0) is 4.79 Å². The molecule has 0 aromatic heterocycles. The molecule has 0 aromatic rings. The lowest BCUT2D eigenvalue weighted by Gasteiger charge is -2.34. The molecule has 1 aliphatic heterocycles. The first-order chi connectivity index (χ1) is 9.67. The molecule has 1 heterocycles. The number of piperidine rings is 1. The molecule has 0 spiro atoms. The highest BCUT2D eigenvalue weighted by molar-refractivity contribution is 5.76. The van der Waals surface area contributed by atoms with Crippen LogP contribution in [0.15, 0.2) is 0 Å². The SMILES string of the molecule is CCCCN(C)CC1CCN(C(=O)CCCCN)CC1. The van der Waals surface area contributed by atoms with Crippen LogP contribution < -0.4 is 5.73 Å². The highest BCUT2D eigenvalue weighted by atomic mass is 16.2. The van der Waals surface area contributed by atoms with Gasteiger partial charge in [-0.25, -0.2) is 0 Å². The fraction of sp³-hybridized carbons (Fsp3) is 0.938. The van der Waals surface area contributed by atoms with Gasteiger partial charge in [0.15, 0.2) is 0 Å². The third-order valence-electron chi connectivity index (χ3n) is 4.28. The summed E-state index contributed by atoms with van der Waals surface area (Å²) < 4.78 is 0. The average Bonchev–Trinajstić information content (AvgIpc) is 2.46. The summed E-state index contributed by atoms with van der Waals surface area (Å²) in [5.41, 5.74) is 5.46. The number of hydrogen-bond acceptors (Lipinski definition) is 3. The summed E-state index contributed by atoms with van der Waals surface area (Å²) in [6.45, 7) is 7.23. The lowest BCUT2D eigenvalue weighted by molar-refractivity contribution is -0.132. The number of unbranched alkanes of at least 4 members (excludes halogenated alkanes) is 2. The molecule has 0 radical (unpaired) electrons. The van der Waals surface area contributed by atoms with E-state index in [0.717, 1.165) is 31.8 Å². The van der Waals surface area contributed by atoms with Crippen molar-refractivity contribution in [1.82, 2.24) is 9.80 Å². The molecule has 0 atom stereocenters. The second-order valence-electron chi connectivity index (χ2n) is 6.19. The first-order valence-electron chi connectivity index (χ1n) is 8.33. The van der Waals surface area contributed by atoms with Gasteiger partial charge in [0.25, 0.3) is 0 Å². The van der Waals surface area contributed by atoms with Crippen molar-refractivity contribution in [2.24, 2.45) is 11.7 Å². The van der Waals surface area contributed by atoms with Crippen LogP contribution in [0.1, 0.15) is 51.9 Å². The average molecular weight is 283 g/mol. The minimum Gasteiger partial charge on any atom is -0.343 e. The number of carbonyl (C=O) groups is 1. The minimum atomic E-state index is 0.330. The van der Waals surface area contributed by atoms with Gasteiger partial charge in [-0.15, -0.1) is 0 Å². The molecular weight excluding hydrogens is 250 g/mol. The molecule has 0 bridgehead atoms. The normalized spacial score (nSPS) is 16.9. The van der Waals surface area contributed by atoms with Gasteiger partial charge in [0, 0.05) is 26.1 Å². The summed E-state index contributed by atoms with van der Waals surface area (Å²) in [5, 5.41) is 0. The zero-order chi connectivity index (χ0) is 14.8. The molecular formula is C16H33N3O. The number of amides is 1. The second-order valence-corrected chi connectivity index (χ2v) is 6.19. The Hall–Kier alpha value is -0.610. The van der Waals surface area contributed by atoms with E-state index >= 15 is 0 Å². The van der Waals surface area contributed by atoms with E-state index < -0.39 is 0 Å². The minimum absolute atomic E-state index is 0.330. The quantitative estimate of drug-likeness (QED) is 0.659. The van der Waals surface area contributed by atoms with Gasteiger partial charge >= 0.3 is 0 Å². The zero-order valence-electron chi connectivity index (χ0n) is 13.4. The Balaban J connectivity index is 2.17. The van der Waals surface area contributed by atoms with Crippen molar-refractivity contribution >= 4 is 5.91 Å². The topological polar surface area (TPSA) is 49.6 Å². The van der Waals surface area contributed by atoms with Gasteiger partial charge in [0.2, 0.25) is 5.91 Å². The fourth-order valence-electron chi connectivity index (χ4n) is 2.90. The molecule has 0 aromatic carbocycles. The first kappa shape index (κ1) is 17.4. The largest absolute Gasteiger partial charge is 0.343 e. The Labute approximate surface area is 124 Å². The molecule has 2 N–H and O–H groups in total. The molecule has 0 aliphatic carbocycles. The van der Waals surface area contributed by atoms with E-state index in [4.69, 9.17) is 5.73 Å². The lowest BCUT2D eigenvalue weighted by atomic mass is 9.96.